The van der Waals surface area contributed by atoms with Crippen molar-refractivity contribution < 1.29 is 9.53 Å². The quantitative estimate of drug-likeness (QED) is 0.583. The lowest BCUT2D eigenvalue weighted by Crippen LogP contribution is -2.51. The molecule has 4 nitrogen and oxygen atoms in total. The lowest BCUT2D eigenvalue weighted by molar-refractivity contribution is -0.148. The number of ether oxygens (including phenoxy) is 1. The Bertz CT molecular complexity index is 473. The van der Waals surface area contributed by atoms with Gasteiger partial charge in [0.05, 0.1) is 12.1 Å². The summed E-state index contributed by atoms with van der Waals surface area (Å²) >= 11 is 7.69. The van der Waals surface area contributed by atoms with E-state index in [9.17, 15) is 4.79 Å². The Kier molecular flexibility index (Phi) is 7.49. The maximum Gasteiger partial charge on any atom is 0.325 e. The summed E-state index contributed by atoms with van der Waals surface area (Å²) in [7, 11) is 1.42. The van der Waals surface area contributed by atoms with E-state index in [1.54, 1.807) is 24.0 Å². The molecule has 21 heavy (non-hydrogen) atoms. The van der Waals surface area contributed by atoms with Gasteiger partial charge in [-0.15, -0.1) is 11.8 Å². The molecule has 0 bridgehead atoms. The number of methoxy groups -OCH3 is 1. The summed E-state index contributed by atoms with van der Waals surface area (Å²) in [6.07, 6.45) is 3.31. The van der Waals surface area contributed by atoms with E-state index in [0.717, 1.165) is 18.0 Å². The molecule has 6 heteroatoms. The predicted octanol–water partition coefficient (Wildman–Crippen LogP) is 3.54. The number of aromatic nitrogens is 1. The van der Waals surface area contributed by atoms with Crippen LogP contribution in [-0.2, 0) is 9.53 Å². The molecule has 1 heterocycles. The summed E-state index contributed by atoms with van der Waals surface area (Å²) in [5.41, 5.74) is -0.696. The largest absolute Gasteiger partial charge is 0.468 e. The number of carbonyl (C=O) groups is 1. The zero-order valence-corrected chi connectivity index (χ0v) is 14.6. The Morgan fingerprint density at radius 3 is 2.90 bits per heavy atom. The first kappa shape index (κ1) is 18.3. The number of thioether (sulfide) groups is 1. The highest BCUT2D eigenvalue weighted by atomic mass is 35.5. The van der Waals surface area contributed by atoms with Crippen molar-refractivity contribution in [2.24, 2.45) is 0 Å². The molecule has 0 aliphatic rings. The van der Waals surface area contributed by atoms with Crippen molar-refractivity contribution in [2.75, 3.05) is 13.7 Å². The molecule has 118 valence electrons. The maximum absolute atomic E-state index is 12.1. The highest BCUT2D eigenvalue weighted by Gasteiger charge is 2.35. The van der Waals surface area contributed by atoms with E-state index >= 15 is 0 Å². The van der Waals surface area contributed by atoms with Gasteiger partial charge in [-0.1, -0.05) is 25.4 Å². The van der Waals surface area contributed by atoms with Crippen molar-refractivity contribution in [2.45, 2.75) is 49.4 Å². The van der Waals surface area contributed by atoms with Crippen LogP contribution < -0.4 is 5.32 Å². The first-order valence-corrected chi connectivity index (χ1v) is 8.29. The normalized spacial score (nSPS) is 15.3. The fourth-order valence-electron chi connectivity index (χ4n) is 2.12. The standard InChI is InChI=1S/C15H23ClN2O2S/c1-5-8-18-15(3,14(19)20-4)10-11(2)21-13-12(16)7-6-9-17-13/h6-7,9,11,18H,5,8,10H2,1-4H3. The molecule has 0 spiro atoms. The van der Waals surface area contributed by atoms with Crippen LogP contribution in [0, 0.1) is 0 Å². The molecule has 1 N–H and O–H groups in total. The van der Waals surface area contributed by atoms with Gasteiger partial charge in [0, 0.05) is 11.4 Å². The summed E-state index contributed by atoms with van der Waals surface area (Å²) in [4.78, 5) is 16.3. The van der Waals surface area contributed by atoms with E-state index < -0.39 is 5.54 Å². The van der Waals surface area contributed by atoms with E-state index in [2.05, 4.69) is 24.1 Å². The molecule has 0 aliphatic carbocycles. The number of hydrogen-bond donors (Lipinski definition) is 1. The molecule has 0 saturated carbocycles. The summed E-state index contributed by atoms with van der Waals surface area (Å²) in [6.45, 7) is 6.78. The van der Waals surface area contributed by atoms with E-state index in [0.29, 0.717) is 11.4 Å². The van der Waals surface area contributed by atoms with Crippen LogP contribution in [0.4, 0.5) is 0 Å². The van der Waals surface area contributed by atoms with Crippen molar-refractivity contribution in [3.05, 3.63) is 23.4 Å². The van der Waals surface area contributed by atoms with Gasteiger partial charge >= 0.3 is 5.97 Å². The molecule has 1 aromatic rings. The molecule has 0 fully saturated rings. The third-order valence-corrected chi connectivity index (χ3v) is 4.67. The van der Waals surface area contributed by atoms with Gasteiger partial charge in [-0.05, 0) is 38.4 Å². The van der Waals surface area contributed by atoms with Crippen LogP contribution >= 0.6 is 23.4 Å². The fourth-order valence-corrected chi connectivity index (χ4v) is 3.47. The first-order valence-electron chi connectivity index (χ1n) is 7.03. The number of nitrogens with one attached hydrogen (secondary N) is 1. The molecule has 1 aromatic heterocycles. The van der Waals surface area contributed by atoms with Gasteiger partial charge < -0.3 is 10.1 Å². The Hall–Kier alpha value is -0.780. The lowest BCUT2D eigenvalue weighted by atomic mass is 9.96. The zero-order valence-electron chi connectivity index (χ0n) is 13.0. The number of carbonyl (C=O) groups excluding carboxylic acids is 1. The minimum atomic E-state index is -0.696. The highest BCUT2D eigenvalue weighted by Crippen LogP contribution is 2.32. The van der Waals surface area contributed by atoms with Crippen molar-refractivity contribution in [1.29, 1.82) is 0 Å². The fraction of sp³-hybridized carbons (Fsp3) is 0.600. The highest BCUT2D eigenvalue weighted by molar-refractivity contribution is 7.99. The topological polar surface area (TPSA) is 51.2 Å². The molecule has 0 radical (unpaired) electrons. The minimum Gasteiger partial charge on any atom is -0.468 e. The molecule has 2 atom stereocenters. The summed E-state index contributed by atoms with van der Waals surface area (Å²) in [5.74, 6) is -0.240. The van der Waals surface area contributed by atoms with Crippen LogP contribution in [0.1, 0.15) is 33.6 Å². The van der Waals surface area contributed by atoms with E-state index in [1.165, 1.54) is 7.11 Å². The van der Waals surface area contributed by atoms with Gasteiger partial charge in [0.1, 0.15) is 10.6 Å². The molecule has 0 aromatic carbocycles. The minimum absolute atomic E-state index is 0.172. The van der Waals surface area contributed by atoms with Crippen LogP contribution in [0.2, 0.25) is 5.02 Å². The Morgan fingerprint density at radius 2 is 2.33 bits per heavy atom. The van der Waals surface area contributed by atoms with E-state index in [1.807, 2.05) is 13.0 Å². The average Bonchev–Trinajstić information content (AvgIpc) is 2.46. The lowest BCUT2D eigenvalue weighted by Gasteiger charge is -2.30. The van der Waals surface area contributed by atoms with Gasteiger partial charge in [-0.3, -0.25) is 4.79 Å². The Morgan fingerprint density at radius 1 is 1.62 bits per heavy atom. The van der Waals surface area contributed by atoms with Gasteiger partial charge in [0.15, 0.2) is 0 Å². The smallest absolute Gasteiger partial charge is 0.325 e. The van der Waals surface area contributed by atoms with Crippen LogP contribution in [0.5, 0.6) is 0 Å². The summed E-state index contributed by atoms with van der Waals surface area (Å²) < 4.78 is 4.93. The molecular formula is C15H23ClN2O2S. The number of halogens is 1. The monoisotopic (exact) mass is 330 g/mol. The van der Waals surface area contributed by atoms with E-state index in [4.69, 9.17) is 16.3 Å². The second kappa shape index (κ2) is 8.61. The number of esters is 1. The van der Waals surface area contributed by atoms with Crippen molar-refractivity contribution in [3.8, 4) is 0 Å². The van der Waals surface area contributed by atoms with Crippen LogP contribution in [0.25, 0.3) is 0 Å². The first-order chi connectivity index (χ1) is 9.92. The maximum atomic E-state index is 12.1. The molecule has 0 saturated heterocycles. The Labute approximate surface area is 136 Å². The second-order valence-corrected chi connectivity index (χ2v) is 7.01. The van der Waals surface area contributed by atoms with E-state index in [-0.39, 0.29) is 11.2 Å². The summed E-state index contributed by atoms with van der Waals surface area (Å²) in [6, 6.07) is 3.62. The molecular weight excluding hydrogens is 308 g/mol. The van der Waals surface area contributed by atoms with Gasteiger partial charge in [-0.2, -0.15) is 0 Å². The molecule has 1 rings (SSSR count). The van der Waals surface area contributed by atoms with Crippen LogP contribution in [0.15, 0.2) is 23.4 Å². The van der Waals surface area contributed by atoms with Crippen molar-refractivity contribution in [3.63, 3.8) is 0 Å². The SMILES string of the molecule is CCCNC(C)(CC(C)Sc1ncccc1Cl)C(=O)OC. The zero-order chi connectivity index (χ0) is 15.9. The number of nitrogens with zero attached hydrogens (tertiary/aromatic N) is 1. The Balaban J connectivity index is 2.74. The van der Waals surface area contributed by atoms with Gasteiger partial charge in [0.2, 0.25) is 0 Å². The number of pyridine rings is 1. The summed E-state index contributed by atoms with van der Waals surface area (Å²) in [5, 5.41) is 4.88. The molecule has 2 unspecified atom stereocenters. The average molecular weight is 331 g/mol. The second-order valence-electron chi connectivity index (χ2n) is 5.17. The predicted molar refractivity (Wildman–Crippen MR) is 87.9 cm³/mol. The molecule has 0 amide bonds. The third-order valence-electron chi connectivity index (χ3n) is 3.13. The molecule has 0 aliphatic heterocycles. The van der Waals surface area contributed by atoms with Crippen molar-refractivity contribution in [1.82, 2.24) is 10.3 Å². The number of hydrogen-bond acceptors (Lipinski definition) is 5. The van der Waals surface area contributed by atoms with Crippen molar-refractivity contribution >= 4 is 29.3 Å². The van der Waals surface area contributed by atoms with Crippen LogP contribution in [0.3, 0.4) is 0 Å². The van der Waals surface area contributed by atoms with Crippen LogP contribution in [-0.4, -0.2) is 35.4 Å². The number of rotatable bonds is 8. The van der Waals surface area contributed by atoms with Gasteiger partial charge in [-0.25, -0.2) is 4.98 Å². The van der Waals surface area contributed by atoms with Gasteiger partial charge in [0.25, 0.3) is 0 Å². The third kappa shape index (κ3) is 5.49.